The Morgan fingerprint density at radius 1 is 1.26 bits per heavy atom. The van der Waals surface area contributed by atoms with E-state index in [1.165, 1.54) is 50.9 Å². The second-order valence-corrected chi connectivity index (χ2v) is 6.20. The van der Waals surface area contributed by atoms with Gasteiger partial charge in [0.2, 0.25) is 0 Å². The molecule has 0 saturated heterocycles. The molecular weight excluding hydrogens is 232 g/mol. The van der Waals surface area contributed by atoms with Gasteiger partial charge in [-0.15, -0.1) is 0 Å². The normalized spacial score (nSPS) is 22.4. The largest absolute Gasteiger partial charge is 0.370 e. The van der Waals surface area contributed by atoms with Gasteiger partial charge in [-0.3, -0.25) is 0 Å². The second kappa shape index (κ2) is 5.96. The SMILES string of the molecule is CNCCCC1CN(CC2CCC2)c2ccccc21. The maximum atomic E-state index is 3.26. The predicted molar refractivity (Wildman–Crippen MR) is 81.9 cm³/mol. The molecule has 0 spiro atoms. The third-order valence-electron chi connectivity index (χ3n) is 4.84. The highest BCUT2D eigenvalue weighted by atomic mass is 15.2. The van der Waals surface area contributed by atoms with Crippen molar-refractivity contribution in [1.29, 1.82) is 0 Å². The maximum Gasteiger partial charge on any atom is 0.0402 e. The van der Waals surface area contributed by atoms with E-state index in [4.69, 9.17) is 0 Å². The van der Waals surface area contributed by atoms with Gasteiger partial charge in [0.25, 0.3) is 0 Å². The van der Waals surface area contributed by atoms with E-state index in [0.717, 1.165) is 18.4 Å². The van der Waals surface area contributed by atoms with Crippen LogP contribution in [0.1, 0.15) is 43.6 Å². The van der Waals surface area contributed by atoms with Crippen LogP contribution in [0.3, 0.4) is 0 Å². The van der Waals surface area contributed by atoms with E-state index in [-0.39, 0.29) is 0 Å². The summed E-state index contributed by atoms with van der Waals surface area (Å²) < 4.78 is 0. The molecule has 1 saturated carbocycles. The van der Waals surface area contributed by atoms with E-state index in [1.807, 2.05) is 7.05 Å². The fourth-order valence-corrected chi connectivity index (χ4v) is 3.52. The molecule has 1 aliphatic heterocycles. The van der Waals surface area contributed by atoms with Gasteiger partial charge < -0.3 is 10.2 Å². The molecule has 0 aromatic heterocycles. The molecule has 1 N–H and O–H groups in total. The highest BCUT2D eigenvalue weighted by Crippen LogP contribution is 2.40. The number of fused-ring (bicyclic) bond motifs is 1. The highest BCUT2D eigenvalue weighted by molar-refractivity contribution is 5.60. The lowest BCUT2D eigenvalue weighted by Crippen LogP contribution is -2.31. The Morgan fingerprint density at radius 2 is 2.11 bits per heavy atom. The van der Waals surface area contributed by atoms with Crippen LogP contribution in [0.15, 0.2) is 24.3 Å². The summed E-state index contributed by atoms with van der Waals surface area (Å²) in [5.74, 6) is 1.72. The Balaban J connectivity index is 1.67. The van der Waals surface area contributed by atoms with Crippen LogP contribution in [0.25, 0.3) is 0 Å². The van der Waals surface area contributed by atoms with E-state index in [9.17, 15) is 0 Å². The molecule has 0 radical (unpaired) electrons. The number of hydrogen-bond donors (Lipinski definition) is 1. The fraction of sp³-hybridized carbons (Fsp3) is 0.647. The molecule has 0 bridgehead atoms. The maximum absolute atomic E-state index is 3.26. The zero-order chi connectivity index (χ0) is 13.1. The van der Waals surface area contributed by atoms with Crippen LogP contribution in [-0.4, -0.2) is 26.7 Å². The number of para-hydroxylation sites is 1. The zero-order valence-corrected chi connectivity index (χ0v) is 12.1. The van der Waals surface area contributed by atoms with Gasteiger partial charge in [-0.2, -0.15) is 0 Å². The number of anilines is 1. The average Bonchev–Trinajstić information content (AvgIpc) is 2.73. The molecule has 1 fully saturated rings. The summed E-state index contributed by atoms with van der Waals surface area (Å²) in [6.07, 6.45) is 6.95. The minimum Gasteiger partial charge on any atom is -0.370 e. The first kappa shape index (κ1) is 13.0. The Bertz CT molecular complexity index is 411. The summed E-state index contributed by atoms with van der Waals surface area (Å²) in [6.45, 7) is 3.68. The summed E-state index contributed by atoms with van der Waals surface area (Å²) in [5, 5.41) is 3.26. The van der Waals surface area contributed by atoms with Crippen molar-refractivity contribution in [2.24, 2.45) is 5.92 Å². The molecule has 1 aromatic carbocycles. The van der Waals surface area contributed by atoms with Gasteiger partial charge in [-0.25, -0.2) is 0 Å². The minimum atomic E-state index is 0.754. The molecule has 1 aliphatic carbocycles. The minimum absolute atomic E-state index is 0.754. The molecule has 0 amide bonds. The van der Waals surface area contributed by atoms with Gasteiger partial charge in [0, 0.05) is 24.7 Å². The van der Waals surface area contributed by atoms with Crippen molar-refractivity contribution in [3.05, 3.63) is 29.8 Å². The molecule has 2 nitrogen and oxygen atoms in total. The molecule has 104 valence electrons. The van der Waals surface area contributed by atoms with Crippen molar-refractivity contribution in [2.75, 3.05) is 31.6 Å². The van der Waals surface area contributed by atoms with Gasteiger partial charge in [-0.05, 0) is 56.8 Å². The zero-order valence-electron chi connectivity index (χ0n) is 12.1. The van der Waals surface area contributed by atoms with Crippen LogP contribution in [0.2, 0.25) is 0 Å². The summed E-state index contributed by atoms with van der Waals surface area (Å²) in [6, 6.07) is 9.07. The topological polar surface area (TPSA) is 15.3 Å². The van der Waals surface area contributed by atoms with Crippen LogP contribution in [0, 0.1) is 5.92 Å². The van der Waals surface area contributed by atoms with Crippen molar-refractivity contribution >= 4 is 5.69 Å². The Hall–Kier alpha value is -1.02. The first-order chi connectivity index (χ1) is 9.38. The Kier molecular flexibility index (Phi) is 4.07. The van der Waals surface area contributed by atoms with Crippen molar-refractivity contribution < 1.29 is 0 Å². The smallest absolute Gasteiger partial charge is 0.0402 e. The molecule has 1 aromatic rings. The molecular formula is C17H26N2. The third-order valence-corrected chi connectivity index (χ3v) is 4.84. The average molecular weight is 258 g/mol. The van der Waals surface area contributed by atoms with Crippen LogP contribution < -0.4 is 10.2 Å². The first-order valence-electron chi connectivity index (χ1n) is 7.87. The standard InChI is InChI=1S/C17H26N2/c1-18-11-5-8-15-13-19(12-14-6-4-7-14)17-10-3-2-9-16(15)17/h2-3,9-10,14-15,18H,4-8,11-13H2,1H3. The lowest BCUT2D eigenvalue weighted by molar-refractivity contribution is 0.317. The second-order valence-electron chi connectivity index (χ2n) is 6.20. The van der Waals surface area contributed by atoms with E-state index >= 15 is 0 Å². The highest BCUT2D eigenvalue weighted by Gasteiger charge is 2.30. The van der Waals surface area contributed by atoms with Crippen LogP contribution in [0.4, 0.5) is 5.69 Å². The van der Waals surface area contributed by atoms with E-state index < -0.39 is 0 Å². The lowest BCUT2D eigenvalue weighted by atomic mass is 9.85. The van der Waals surface area contributed by atoms with E-state index in [1.54, 1.807) is 5.56 Å². The number of nitrogens with one attached hydrogen (secondary N) is 1. The molecule has 1 heterocycles. The quantitative estimate of drug-likeness (QED) is 0.787. The number of rotatable bonds is 6. The van der Waals surface area contributed by atoms with E-state index in [0.29, 0.717) is 0 Å². The number of benzene rings is 1. The summed E-state index contributed by atoms with van der Waals surface area (Å²) in [5.41, 5.74) is 3.11. The van der Waals surface area contributed by atoms with Gasteiger partial charge in [0.15, 0.2) is 0 Å². The van der Waals surface area contributed by atoms with E-state index in [2.05, 4.69) is 34.5 Å². The first-order valence-corrected chi connectivity index (χ1v) is 7.87. The van der Waals surface area contributed by atoms with Gasteiger partial charge >= 0.3 is 0 Å². The molecule has 2 heteroatoms. The third kappa shape index (κ3) is 2.79. The van der Waals surface area contributed by atoms with Gasteiger partial charge in [-0.1, -0.05) is 24.6 Å². The Morgan fingerprint density at radius 3 is 2.84 bits per heavy atom. The van der Waals surface area contributed by atoms with Crippen molar-refractivity contribution in [3.8, 4) is 0 Å². The van der Waals surface area contributed by atoms with Crippen LogP contribution >= 0.6 is 0 Å². The lowest BCUT2D eigenvalue weighted by Gasteiger charge is -2.31. The summed E-state index contributed by atoms with van der Waals surface area (Å²) >= 11 is 0. The molecule has 1 unspecified atom stereocenters. The van der Waals surface area contributed by atoms with Gasteiger partial charge in [0.05, 0.1) is 0 Å². The predicted octanol–water partition coefficient (Wildman–Crippen LogP) is 3.39. The summed E-state index contributed by atoms with van der Waals surface area (Å²) in [7, 11) is 2.05. The fourth-order valence-electron chi connectivity index (χ4n) is 3.52. The van der Waals surface area contributed by atoms with Crippen LogP contribution in [-0.2, 0) is 0 Å². The van der Waals surface area contributed by atoms with Crippen molar-refractivity contribution in [3.63, 3.8) is 0 Å². The summed E-state index contributed by atoms with van der Waals surface area (Å²) in [4.78, 5) is 2.66. The molecule has 1 atom stereocenters. The van der Waals surface area contributed by atoms with Crippen molar-refractivity contribution in [1.82, 2.24) is 5.32 Å². The monoisotopic (exact) mass is 258 g/mol. The molecule has 3 rings (SSSR count). The number of nitrogens with zero attached hydrogens (tertiary/aromatic N) is 1. The molecule has 2 aliphatic rings. The number of hydrogen-bond acceptors (Lipinski definition) is 2. The van der Waals surface area contributed by atoms with Gasteiger partial charge in [0.1, 0.15) is 0 Å². The Labute approximate surface area is 117 Å². The van der Waals surface area contributed by atoms with Crippen LogP contribution in [0.5, 0.6) is 0 Å². The molecule has 19 heavy (non-hydrogen) atoms. The van der Waals surface area contributed by atoms with Crippen molar-refractivity contribution in [2.45, 2.75) is 38.0 Å².